The third-order valence-corrected chi connectivity index (χ3v) is 2.50. The third kappa shape index (κ3) is 3.32. The predicted octanol–water partition coefficient (Wildman–Crippen LogP) is 2.82. The molecule has 1 aromatic heterocycles. The highest BCUT2D eigenvalue weighted by atomic mass is 16.6. The zero-order chi connectivity index (χ0) is 13.9. The van der Waals surface area contributed by atoms with Gasteiger partial charge in [0, 0.05) is 5.41 Å². The van der Waals surface area contributed by atoms with Crippen molar-refractivity contribution in [3.8, 4) is 12.1 Å². The molecule has 1 heterocycles. The number of ether oxygens (including phenoxy) is 1. The molecular formula is C14H15N3O2. The fourth-order valence-electron chi connectivity index (χ4n) is 1.45. The summed E-state index contributed by atoms with van der Waals surface area (Å²) in [6, 6.07) is 9.28. The monoisotopic (exact) mass is 257 g/mol. The standard InChI is InChI=1S/C14H15N3O2/c1-14(2,3)12-16-13(19-17-12)18-9-11-6-4-5-10(7-11)8-15/h4-7H,9H2,1-3H3. The van der Waals surface area contributed by atoms with E-state index in [2.05, 4.69) is 16.2 Å². The molecule has 0 amide bonds. The Morgan fingerprint density at radius 1 is 1.37 bits per heavy atom. The number of nitriles is 1. The van der Waals surface area contributed by atoms with E-state index in [-0.39, 0.29) is 11.5 Å². The van der Waals surface area contributed by atoms with Gasteiger partial charge >= 0.3 is 6.08 Å². The average Bonchev–Trinajstić information content (AvgIpc) is 2.85. The Kier molecular flexibility index (Phi) is 3.52. The molecule has 0 saturated carbocycles. The molecule has 0 aliphatic rings. The van der Waals surface area contributed by atoms with Crippen molar-refractivity contribution in [1.29, 1.82) is 5.26 Å². The van der Waals surface area contributed by atoms with Crippen molar-refractivity contribution in [1.82, 2.24) is 10.1 Å². The van der Waals surface area contributed by atoms with Gasteiger partial charge in [0.25, 0.3) is 0 Å². The van der Waals surface area contributed by atoms with Gasteiger partial charge in [0.2, 0.25) is 0 Å². The number of hydrogen-bond acceptors (Lipinski definition) is 5. The van der Waals surface area contributed by atoms with E-state index in [4.69, 9.17) is 14.5 Å². The van der Waals surface area contributed by atoms with Gasteiger partial charge in [0.05, 0.1) is 11.6 Å². The second-order valence-electron chi connectivity index (χ2n) is 5.23. The van der Waals surface area contributed by atoms with E-state index in [1.165, 1.54) is 0 Å². The highest BCUT2D eigenvalue weighted by Crippen LogP contribution is 2.21. The minimum atomic E-state index is -0.175. The molecule has 5 heteroatoms. The van der Waals surface area contributed by atoms with E-state index >= 15 is 0 Å². The fraction of sp³-hybridized carbons (Fsp3) is 0.357. The summed E-state index contributed by atoms with van der Waals surface area (Å²) >= 11 is 0. The summed E-state index contributed by atoms with van der Waals surface area (Å²) in [5.74, 6) is 0.605. The fourth-order valence-corrected chi connectivity index (χ4v) is 1.45. The maximum absolute atomic E-state index is 8.81. The van der Waals surface area contributed by atoms with Crippen LogP contribution in [-0.4, -0.2) is 10.1 Å². The number of aromatic nitrogens is 2. The van der Waals surface area contributed by atoms with Crippen LogP contribution in [-0.2, 0) is 12.0 Å². The molecule has 0 aliphatic carbocycles. The van der Waals surface area contributed by atoms with Gasteiger partial charge in [0.15, 0.2) is 5.82 Å². The number of hydrogen-bond donors (Lipinski definition) is 0. The van der Waals surface area contributed by atoms with E-state index in [0.29, 0.717) is 18.0 Å². The third-order valence-electron chi connectivity index (χ3n) is 2.50. The van der Waals surface area contributed by atoms with Gasteiger partial charge in [-0.1, -0.05) is 38.1 Å². The Hall–Kier alpha value is -2.35. The molecule has 19 heavy (non-hydrogen) atoms. The molecule has 2 aromatic rings. The van der Waals surface area contributed by atoms with Crippen molar-refractivity contribution in [3.05, 3.63) is 41.2 Å². The Morgan fingerprint density at radius 3 is 2.79 bits per heavy atom. The summed E-state index contributed by atoms with van der Waals surface area (Å²) in [6.07, 6.45) is 0.146. The van der Waals surface area contributed by atoms with Crippen LogP contribution < -0.4 is 4.74 Å². The SMILES string of the molecule is CC(C)(C)c1noc(OCc2cccc(C#N)c2)n1. The Labute approximate surface area is 111 Å². The first-order chi connectivity index (χ1) is 8.99. The van der Waals surface area contributed by atoms with E-state index in [1.54, 1.807) is 12.1 Å². The van der Waals surface area contributed by atoms with Crippen molar-refractivity contribution in [2.75, 3.05) is 0 Å². The first-order valence-corrected chi connectivity index (χ1v) is 5.95. The van der Waals surface area contributed by atoms with Gasteiger partial charge in [-0.15, -0.1) is 0 Å². The quantitative estimate of drug-likeness (QED) is 0.845. The molecule has 0 N–H and O–H groups in total. The second kappa shape index (κ2) is 5.11. The highest BCUT2D eigenvalue weighted by Gasteiger charge is 2.21. The van der Waals surface area contributed by atoms with Crippen LogP contribution in [0, 0.1) is 11.3 Å². The summed E-state index contributed by atoms with van der Waals surface area (Å²) in [4.78, 5) is 4.17. The minimum absolute atomic E-state index is 0.146. The van der Waals surface area contributed by atoms with Gasteiger partial charge in [-0.25, -0.2) is 0 Å². The highest BCUT2D eigenvalue weighted by molar-refractivity contribution is 5.32. The van der Waals surface area contributed by atoms with Crippen molar-refractivity contribution < 1.29 is 9.26 Å². The lowest BCUT2D eigenvalue weighted by molar-refractivity contribution is 0.194. The lowest BCUT2D eigenvalue weighted by Gasteiger charge is -2.10. The van der Waals surface area contributed by atoms with E-state index in [0.717, 1.165) is 5.56 Å². The second-order valence-corrected chi connectivity index (χ2v) is 5.23. The zero-order valence-corrected chi connectivity index (χ0v) is 11.2. The van der Waals surface area contributed by atoms with Crippen LogP contribution in [0.25, 0.3) is 0 Å². The molecule has 0 fully saturated rings. The minimum Gasteiger partial charge on any atom is -0.444 e. The van der Waals surface area contributed by atoms with Gasteiger partial charge in [-0.05, 0) is 17.7 Å². The summed E-state index contributed by atoms with van der Waals surface area (Å²) in [5.41, 5.74) is 1.31. The van der Waals surface area contributed by atoms with Gasteiger partial charge in [0.1, 0.15) is 6.61 Å². The summed E-state index contributed by atoms with van der Waals surface area (Å²) in [6.45, 7) is 6.29. The molecule has 0 radical (unpaired) electrons. The van der Waals surface area contributed by atoms with Crippen LogP contribution in [0.3, 0.4) is 0 Å². The van der Waals surface area contributed by atoms with Gasteiger partial charge < -0.3 is 4.74 Å². The van der Waals surface area contributed by atoms with Crippen LogP contribution in [0.1, 0.15) is 37.7 Å². The lowest BCUT2D eigenvalue weighted by Crippen LogP contribution is -2.13. The summed E-state index contributed by atoms with van der Waals surface area (Å²) in [5, 5.41) is 12.7. The first kappa shape index (κ1) is 13.1. The molecule has 2 rings (SSSR count). The molecule has 0 aliphatic heterocycles. The number of nitrogens with zero attached hydrogens (tertiary/aromatic N) is 3. The maximum atomic E-state index is 8.81. The van der Waals surface area contributed by atoms with Crippen molar-refractivity contribution in [2.24, 2.45) is 0 Å². The van der Waals surface area contributed by atoms with E-state index in [9.17, 15) is 0 Å². The molecule has 0 bridgehead atoms. The van der Waals surface area contributed by atoms with Crippen LogP contribution in [0.4, 0.5) is 0 Å². The van der Waals surface area contributed by atoms with Crippen molar-refractivity contribution in [2.45, 2.75) is 32.8 Å². The van der Waals surface area contributed by atoms with Crippen LogP contribution in [0.5, 0.6) is 6.08 Å². The first-order valence-electron chi connectivity index (χ1n) is 5.95. The zero-order valence-electron chi connectivity index (χ0n) is 11.2. The largest absolute Gasteiger partial charge is 0.444 e. The van der Waals surface area contributed by atoms with Gasteiger partial charge in [-0.3, -0.25) is 4.52 Å². The van der Waals surface area contributed by atoms with E-state index < -0.39 is 0 Å². The Morgan fingerprint density at radius 2 is 2.16 bits per heavy atom. The molecule has 1 aromatic carbocycles. The van der Waals surface area contributed by atoms with Crippen LogP contribution in [0.15, 0.2) is 28.8 Å². The number of rotatable bonds is 3. The van der Waals surface area contributed by atoms with Crippen LogP contribution >= 0.6 is 0 Å². The topological polar surface area (TPSA) is 71.9 Å². The molecule has 0 unspecified atom stereocenters. The van der Waals surface area contributed by atoms with Gasteiger partial charge in [-0.2, -0.15) is 10.2 Å². The molecule has 0 saturated heterocycles. The van der Waals surface area contributed by atoms with Crippen molar-refractivity contribution in [3.63, 3.8) is 0 Å². The predicted molar refractivity (Wildman–Crippen MR) is 68.5 cm³/mol. The van der Waals surface area contributed by atoms with Crippen molar-refractivity contribution >= 4 is 0 Å². The maximum Gasteiger partial charge on any atom is 0.417 e. The smallest absolute Gasteiger partial charge is 0.417 e. The summed E-state index contributed by atoms with van der Waals surface area (Å²) < 4.78 is 10.4. The molecule has 5 nitrogen and oxygen atoms in total. The average molecular weight is 257 g/mol. The normalized spacial score (nSPS) is 11.1. The molecular weight excluding hydrogens is 242 g/mol. The van der Waals surface area contributed by atoms with E-state index in [1.807, 2.05) is 32.9 Å². The molecule has 0 spiro atoms. The molecule has 98 valence electrons. The summed E-state index contributed by atoms with van der Waals surface area (Å²) in [7, 11) is 0. The Balaban J connectivity index is 2.03. The van der Waals surface area contributed by atoms with Crippen LogP contribution in [0.2, 0.25) is 0 Å². The Bertz CT molecular complexity index is 606. The number of benzene rings is 1. The lowest BCUT2D eigenvalue weighted by atomic mass is 9.96. The molecule has 0 atom stereocenters.